The Hall–Kier alpha value is -2.34. The number of hydrogen-bond donors (Lipinski definition) is 1. The Morgan fingerprint density at radius 1 is 1.17 bits per heavy atom. The number of rotatable bonds is 3. The Kier molecular flexibility index (Phi) is 4.09. The molecule has 0 fully saturated rings. The molecule has 0 aliphatic carbocycles. The molecule has 0 radical (unpaired) electrons. The van der Waals surface area contributed by atoms with Crippen molar-refractivity contribution in [2.24, 2.45) is 14.1 Å². The van der Waals surface area contributed by atoms with E-state index in [-0.39, 0.29) is 11.5 Å². The van der Waals surface area contributed by atoms with Crippen molar-refractivity contribution in [2.45, 2.75) is 6.54 Å². The average Bonchev–Trinajstić information content (AvgIpc) is 2.88. The lowest BCUT2D eigenvalue weighted by atomic mass is 10.2. The summed E-state index contributed by atoms with van der Waals surface area (Å²) in [6.45, 7) is 0.436. The summed E-state index contributed by atoms with van der Waals surface area (Å²) in [5, 5.41) is 3.65. The van der Waals surface area contributed by atoms with Crippen LogP contribution in [0.3, 0.4) is 0 Å². The number of pyridine rings is 1. The summed E-state index contributed by atoms with van der Waals surface area (Å²) in [6.07, 6.45) is 1.70. The van der Waals surface area contributed by atoms with Gasteiger partial charge in [-0.2, -0.15) is 0 Å². The van der Waals surface area contributed by atoms with Crippen LogP contribution in [0.4, 0.5) is 0 Å². The Bertz CT molecular complexity index is 939. The van der Waals surface area contributed by atoms with Crippen LogP contribution in [-0.4, -0.2) is 15.0 Å². The van der Waals surface area contributed by atoms with Gasteiger partial charge in [0.15, 0.2) is 0 Å². The fourth-order valence-electron chi connectivity index (χ4n) is 2.54. The zero-order valence-corrected chi connectivity index (χ0v) is 14.4. The molecule has 0 atom stereocenters. The number of halogens is 1. The first-order chi connectivity index (χ1) is 11.0. The van der Waals surface area contributed by atoms with E-state index < -0.39 is 0 Å². The van der Waals surface area contributed by atoms with E-state index in [4.69, 9.17) is 0 Å². The predicted octanol–water partition coefficient (Wildman–Crippen LogP) is 2.57. The van der Waals surface area contributed by atoms with Gasteiger partial charge < -0.3 is 14.5 Å². The average molecular weight is 374 g/mol. The minimum Gasteiger partial charge on any atom is -0.347 e. The molecule has 2 heterocycles. The molecule has 1 aromatic carbocycles. The number of aromatic nitrogens is 2. The van der Waals surface area contributed by atoms with E-state index in [1.807, 2.05) is 30.3 Å². The fraction of sp³-hybridized carbons (Fsp3) is 0.176. The summed E-state index contributed by atoms with van der Waals surface area (Å²) < 4.78 is 4.15. The van der Waals surface area contributed by atoms with Gasteiger partial charge in [0.25, 0.3) is 11.5 Å². The summed E-state index contributed by atoms with van der Waals surface area (Å²) >= 11 is 3.38. The van der Waals surface area contributed by atoms with Crippen molar-refractivity contribution in [1.29, 1.82) is 0 Å². The summed E-state index contributed by atoms with van der Waals surface area (Å²) in [7, 11) is 3.43. The first kappa shape index (κ1) is 15.6. The van der Waals surface area contributed by atoms with Gasteiger partial charge in [0.05, 0.1) is 0 Å². The molecule has 1 amide bonds. The molecule has 1 N–H and O–H groups in total. The Morgan fingerprint density at radius 2 is 1.87 bits per heavy atom. The molecule has 0 saturated heterocycles. The van der Waals surface area contributed by atoms with Crippen LogP contribution in [0.1, 0.15) is 16.1 Å². The van der Waals surface area contributed by atoms with E-state index in [0.29, 0.717) is 17.8 Å². The van der Waals surface area contributed by atoms with Crippen LogP contribution >= 0.6 is 15.9 Å². The highest BCUT2D eigenvalue weighted by atomic mass is 79.9. The maximum Gasteiger partial charge on any atom is 0.274 e. The molecule has 0 unspecified atom stereocenters. The lowest BCUT2D eigenvalue weighted by Gasteiger charge is -2.07. The van der Waals surface area contributed by atoms with E-state index in [9.17, 15) is 9.59 Å². The Morgan fingerprint density at radius 3 is 2.57 bits per heavy atom. The number of fused-ring (bicyclic) bond motifs is 1. The van der Waals surface area contributed by atoms with E-state index in [0.717, 1.165) is 15.4 Å². The van der Waals surface area contributed by atoms with Crippen molar-refractivity contribution in [1.82, 2.24) is 14.5 Å². The highest BCUT2D eigenvalue weighted by Gasteiger charge is 2.15. The van der Waals surface area contributed by atoms with Crippen molar-refractivity contribution in [3.63, 3.8) is 0 Å². The van der Waals surface area contributed by atoms with Crippen LogP contribution in [0.5, 0.6) is 0 Å². The van der Waals surface area contributed by atoms with Crippen LogP contribution in [0.25, 0.3) is 10.9 Å². The van der Waals surface area contributed by atoms with Crippen LogP contribution in [0.2, 0.25) is 0 Å². The first-order valence-corrected chi connectivity index (χ1v) is 7.94. The van der Waals surface area contributed by atoms with Gasteiger partial charge in [-0.15, -0.1) is 0 Å². The quantitative estimate of drug-likeness (QED) is 0.766. The summed E-state index contributed by atoms with van der Waals surface area (Å²) in [4.78, 5) is 24.6. The first-order valence-electron chi connectivity index (χ1n) is 7.15. The number of carbonyl (C=O) groups excluding carboxylic acids is 1. The lowest BCUT2D eigenvalue weighted by molar-refractivity contribution is 0.0943. The highest BCUT2D eigenvalue weighted by Crippen LogP contribution is 2.15. The molecular formula is C17H16BrN3O2. The summed E-state index contributed by atoms with van der Waals surface area (Å²) in [5.41, 5.74) is 1.90. The SMILES string of the molecule is Cn1ccc2cc(C(=O)NCc3ccc(Br)cc3)n(C)c2c1=O. The van der Waals surface area contributed by atoms with Crippen molar-refractivity contribution < 1.29 is 4.79 Å². The number of hydrogen-bond acceptors (Lipinski definition) is 2. The summed E-state index contributed by atoms with van der Waals surface area (Å²) in [6, 6.07) is 11.3. The second-order valence-electron chi connectivity index (χ2n) is 5.43. The largest absolute Gasteiger partial charge is 0.347 e. The minimum atomic E-state index is -0.200. The van der Waals surface area contributed by atoms with E-state index in [1.54, 1.807) is 30.9 Å². The highest BCUT2D eigenvalue weighted by molar-refractivity contribution is 9.10. The normalized spacial score (nSPS) is 10.9. The van der Waals surface area contributed by atoms with Gasteiger partial charge in [-0.1, -0.05) is 28.1 Å². The van der Waals surface area contributed by atoms with Crippen LogP contribution in [-0.2, 0) is 20.6 Å². The minimum absolute atomic E-state index is 0.114. The van der Waals surface area contributed by atoms with Crippen molar-refractivity contribution in [2.75, 3.05) is 0 Å². The van der Waals surface area contributed by atoms with E-state index in [1.165, 1.54) is 4.57 Å². The molecular weight excluding hydrogens is 358 g/mol. The zero-order chi connectivity index (χ0) is 16.6. The van der Waals surface area contributed by atoms with Gasteiger partial charge in [-0.05, 0) is 29.8 Å². The standard InChI is InChI=1S/C17H16BrN3O2/c1-20-8-7-12-9-14(21(2)15(12)17(20)23)16(22)19-10-11-3-5-13(18)6-4-11/h3-9H,10H2,1-2H3,(H,19,22). The molecule has 23 heavy (non-hydrogen) atoms. The number of amides is 1. The van der Waals surface area contributed by atoms with Crippen LogP contribution in [0, 0.1) is 0 Å². The molecule has 2 aromatic heterocycles. The van der Waals surface area contributed by atoms with Crippen molar-refractivity contribution in [3.05, 3.63) is 68.7 Å². The molecule has 0 aliphatic rings. The van der Waals surface area contributed by atoms with E-state index in [2.05, 4.69) is 21.2 Å². The molecule has 0 spiro atoms. The van der Waals surface area contributed by atoms with Crippen LogP contribution < -0.4 is 10.9 Å². The van der Waals surface area contributed by atoms with Gasteiger partial charge in [0.2, 0.25) is 0 Å². The third-order valence-corrected chi connectivity index (χ3v) is 4.39. The molecule has 0 aliphatic heterocycles. The number of aryl methyl sites for hydroxylation is 2. The van der Waals surface area contributed by atoms with E-state index >= 15 is 0 Å². The Balaban J connectivity index is 1.86. The fourth-order valence-corrected chi connectivity index (χ4v) is 2.80. The number of carbonyl (C=O) groups is 1. The topological polar surface area (TPSA) is 56.0 Å². The molecule has 3 aromatic rings. The maximum absolute atomic E-state index is 12.4. The molecule has 0 saturated carbocycles. The second kappa shape index (κ2) is 6.04. The van der Waals surface area contributed by atoms with Crippen molar-refractivity contribution >= 4 is 32.7 Å². The third-order valence-electron chi connectivity index (χ3n) is 3.86. The predicted molar refractivity (Wildman–Crippen MR) is 93.5 cm³/mol. The molecule has 5 nitrogen and oxygen atoms in total. The van der Waals surface area contributed by atoms with Crippen LogP contribution in [0.15, 0.2) is 51.9 Å². The number of benzene rings is 1. The summed E-state index contributed by atoms with van der Waals surface area (Å²) in [5.74, 6) is -0.200. The molecule has 118 valence electrons. The smallest absolute Gasteiger partial charge is 0.274 e. The molecule has 0 bridgehead atoms. The molecule has 3 rings (SSSR count). The maximum atomic E-state index is 12.4. The van der Waals surface area contributed by atoms with Gasteiger partial charge in [-0.25, -0.2) is 0 Å². The van der Waals surface area contributed by atoms with Gasteiger partial charge in [0.1, 0.15) is 11.2 Å². The number of nitrogens with one attached hydrogen (secondary N) is 1. The number of nitrogens with zero attached hydrogens (tertiary/aromatic N) is 2. The van der Waals surface area contributed by atoms with Gasteiger partial charge >= 0.3 is 0 Å². The lowest BCUT2D eigenvalue weighted by Crippen LogP contribution is -2.25. The Labute approximate surface area is 141 Å². The van der Waals surface area contributed by atoms with Gasteiger partial charge in [-0.3, -0.25) is 9.59 Å². The van der Waals surface area contributed by atoms with Gasteiger partial charge in [0, 0.05) is 36.7 Å². The third kappa shape index (κ3) is 2.94. The zero-order valence-electron chi connectivity index (χ0n) is 12.8. The molecule has 6 heteroatoms. The second-order valence-corrected chi connectivity index (χ2v) is 6.35. The van der Waals surface area contributed by atoms with Crippen molar-refractivity contribution in [3.8, 4) is 0 Å². The monoisotopic (exact) mass is 373 g/mol.